The molecular formula is C19H17N3O3S2. The van der Waals surface area contributed by atoms with E-state index >= 15 is 0 Å². The number of benzene rings is 2. The van der Waals surface area contributed by atoms with Crippen LogP contribution in [0.15, 0.2) is 64.9 Å². The molecule has 3 aromatic rings. The van der Waals surface area contributed by atoms with Gasteiger partial charge in [0.15, 0.2) is 5.13 Å². The number of rotatable bonds is 5. The third-order valence-corrected chi connectivity index (χ3v) is 6.57. The van der Waals surface area contributed by atoms with Gasteiger partial charge in [-0.3, -0.25) is 9.52 Å². The lowest BCUT2D eigenvalue weighted by atomic mass is 10.2. The summed E-state index contributed by atoms with van der Waals surface area (Å²) in [5, 5.41) is 2.13. The molecule has 0 unspecified atom stereocenters. The average molecular weight is 399 g/mol. The van der Waals surface area contributed by atoms with Gasteiger partial charge >= 0.3 is 0 Å². The molecule has 1 aliphatic heterocycles. The van der Waals surface area contributed by atoms with Crippen molar-refractivity contribution in [3.05, 3.63) is 60.0 Å². The minimum Gasteiger partial charge on any atom is -0.312 e. The Bertz CT molecular complexity index is 1060. The summed E-state index contributed by atoms with van der Waals surface area (Å²) in [4.78, 5) is 18.0. The van der Waals surface area contributed by atoms with Crippen LogP contribution in [0.4, 0.5) is 10.8 Å². The second-order valence-corrected chi connectivity index (χ2v) is 8.69. The molecule has 0 saturated carbocycles. The summed E-state index contributed by atoms with van der Waals surface area (Å²) in [6.07, 6.45) is 1.36. The molecule has 4 rings (SSSR count). The molecule has 2 heterocycles. The van der Waals surface area contributed by atoms with Crippen molar-refractivity contribution in [2.75, 3.05) is 16.2 Å². The summed E-state index contributed by atoms with van der Waals surface area (Å²) >= 11 is 1.24. The van der Waals surface area contributed by atoms with E-state index in [-0.39, 0.29) is 10.8 Å². The first-order valence-electron chi connectivity index (χ1n) is 8.47. The lowest BCUT2D eigenvalue weighted by Gasteiger charge is -2.16. The highest BCUT2D eigenvalue weighted by Crippen LogP contribution is 2.27. The van der Waals surface area contributed by atoms with Gasteiger partial charge in [-0.25, -0.2) is 13.4 Å². The second kappa shape index (κ2) is 7.13. The third-order valence-electron chi connectivity index (χ3n) is 4.33. The summed E-state index contributed by atoms with van der Waals surface area (Å²) in [5.41, 5.74) is 2.37. The van der Waals surface area contributed by atoms with E-state index in [1.807, 2.05) is 35.7 Å². The number of anilines is 2. The SMILES string of the molecule is O=C1CCCN1c1ccc(S(=O)(=O)Nc2nc(-c3ccccc3)cs2)cc1. The molecule has 0 spiro atoms. The van der Waals surface area contributed by atoms with Crippen LogP contribution in [-0.4, -0.2) is 25.9 Å². The highest BCUT2D eigenvalue weighted by atomic mass is 32.2. The minimum atomic E-state index is -3.74. The fourth-order valence-corrected chi connectivity index (χ4v) is 4.93. The molecule has 1 aromatic heterocycles. The molecule has 1 amide bonds. The second-order valence-electron chi connectivity index (χ2n) is 6.15. The summed E-state index contributed by atoms with van der Waals surface area (Å²) < 4.78 is 27.8. The number of sulfonamides is 1. The molecule has 1 fully saturated rings. The lowest BCUT2D eigenvalue weighted by molar-refractivity contribution is -0.117. The van der Waals surface area contributed by atoms with Crippen LogP contribution in [0, 0.1) is 0 Å². The van der Waals surface area contributed by atoms with Gasteiger partial charge in [0.05, 0.1) is 10.6 Å². The topological polar surface area (TPSA) is 79.4 Å². The molecule has 1 N–H and O–H groups in total. The first kappa shape index (κ1) is 17.7. The average Bonchev–Trinajstić information content (AvgIpc) is 3.31. The number of thiazole rings is 1. The zero-order chi connectivity index (χ0) is 18.9. The zero-order valence-corrected chi connectivity index (χ0v) is 16.0. The maximum absolute atomic E-state index is 12.6. The van der Waals surface area contributed by atoms with Gasteiger partial charge in [0.25, 0.3) is 10.0 Å². The standard InChI is InChI=1S/C19H17N3O3S2/c23-18-7-4-12-22(18)15-8-10-16(11-9-15)27(24,25)21-19-20-17(13-26-19)14-5-2-1-3-6-14/h1-3,5-6,8-11,13H,4,7,12H2,(H,20,21). The summed E-state index contributed by atoms with van der Waals surface area (Å²) in [6.45, 7) is 0.671. The van der Waals surface area contributed by atoms with Crippen LogP contribution in [0.2, 0.25) is 0 Å². The fourth-order valence-electron chi connectivity index (χ4n) is 2.96. The molecule has 0 bridgehead atoms. The van der Waals surface area contributed by atoms with Crippen molar-refractivity contribution in [3.63, 3.8) is 0 Å². The predicted molar refractivity (Wildman–Crippen MR) is 106 cm³/mol. The van der Waals surface area contributed by atoms with Crippen molar-refractivity contribution in [3.8, 4) is 11.3 Å². The van der Waals surface area contributed by atoms with Crippen molar-refractivity contribution < 1.29 is 13.2 Å². The fraction of sp³-hybridized carbons (Fsp3) is 0.158. The van der Waals surface area contributed by atoms with Crippen LogP contribution >= 0.6 is 11.3 Å². The van der Waals surface area contributed by atoms with E-state index in [4.69, 9.17) is 0 Å². The largest absolute Gasteiger partial charge is 0.312 e. The van der Waals surface area contributed by atoms with Crippen molar-refractivity contribution in [2.45, 2.75) is 17.7 Å². The van der Waals surface area contributed by atoms with Gasteiger partial charge in [0.1, 0.15) is 0 Å². The summed E-state index contributed by atoms with van der Waals surface area (Å²) in [6, 6.07) is 15.9. The molecule has 1 aliphatic rings. The lowest BCUT2D eigenvalue weighted by Crippen LogP contribution is -2.23. The molecule has 0 radical (unpaired) electrons. The molecule has 8 heteroatoms. The highest BCUT2D eigenvalue weighted by molar-refractivity contribution is 7.93. The van der Waals surface area contributed by atoms with E-state index in [1.165, 1.54) is 23.5 Å². The quantitative estimate of drug-likeness (QED) is 0.709. The van der Waals surface area contributed by atoms with Crippen LogP contribution in [-0.2, 0) is 14.8 Å². The van der Waals surface area contributed by atoms with Gasteiger partial charge in [0, 0.05) is 29.6 Å². The normalized spacial score (nSPS) is 14.5. The Labute approximate surface area is 161 Å². The Morgan fingerprint density at radius 3 is 2.44 bits per heavy atom. The molecule has 27 heavy (non-hydrogen) atoms. The molecule has 1 saturated heterocycles. The number of nitrogens with one attached hydrogen (secondary N) is 1. The van der Waals surface area contributed by atoms with Crippen LogP contribution in [0.5, 0.6) is 0 Å². The Balaban J connectivity index is 1.52. The van der Waals surface area contributed by atoms with Gasteiger partial charge in [-0.15, -0.1) is 11.3 Å². The maximum Gasteiger partial charge on any atom is 0.263 e. The Hall–Kier alpha value is -2.71. The van der Waals surface area contributed by atoms with E-state index in [9.17, 15) is 13.2 Å². The van der Waals surface area contributed by atoms with Gasteiger partial charge < -0.3 is 4.90 Å². The number of aromatic nitrogens is 1. The Kier molecular flexibility index (Phi) is 4.67. The first-order chi connectivity index (χ1) is 13.0. The van der Waals surface area contributed by atoms with E-state index in [0.29, 0.717) is 18.1 Å². The first-order valence-corrected chi connectivity index (χ1v) is 10.8. The Morgan fingerprint density at radius 2 is 1.78 bits per heavy atom. The third kappa shape index (κ3) is 3.72. The van der Waals surface area contributed by atoms with Gasteiger partial charge in [-0.2, -0.15) is 0 Å². The molecular weight excluding hydrogens is 382 g/mol. The molecule has 0 atom stereocenters. The molecule has 138 valence electrons. The van der Waals surface area contributed by atoms with Crippen LogP contribution in [0.1, 0.15) is 12.8 Å². The van der Waals surface area contributed by atoms with Crippen LogP contribution in [0.3, 0.4) is 0 Å². The number of carbonyl (C=O) groups excluding carboxylic acids is 1. The molecule has 0 aliphatic carbocycles. The monoisotopic (exact) mass is 399 g/mol. The number of hydrogen-bond donors (Lipinski definition) is 1. The molecule has 2 aromatic carbocycles. The van der Waals surface area contributed by atoms with Gasteiger partial charge in [-0.1, -0.05) is 30.3 Å². The number of carbonyl (C=O) groups is 1. The highest BCUT2D eigenvalue weighted by Gasteiger charge is 2.23. The number of amides is 1. The zero-order valence-electron chi connectivity index (χ0n) is 14.3. The number of hydrogen-bond acceptors (Lipinski definition) is 5. The van der Waals surface area contributed by atoms with E-state index < -0.39 is 10.0 Å². The smallest absolute Gasteiger partial charge is 0.263 e. The van der Waals surface area contributed by atoms with Gasteiger partial charge in [-0.05, 0) is 30.7 Å². The Morgan fingerprint density at radius 1 is 1.04 bits per heavy atom. The van der Waals surface area contributed by atoms with Crippen LogP contribution < -0.4 is 9.62 Å². The molecule has 6 nitrogen and oxygen atoms in total. The van der Waals surface area contributed by atoms with E-state index in [0.717, 1.165) is 23.4 Å². The van der Waals surface area contributed by atoms with Crippen molar-refractivity contribution >= 4 is 38.1 Å². The minimum absolute atomic E-state index is 0.0694. The van der Waals surface area contributed by atoms with E-state index in [2.05, 4.69) is 9.71 Å². The van der Waals surface area contributed by atoms with E-state index in [1.54, 1.807) is 17.0 Å². The van der Waals surface area contributed by atoms with Crippen LogP contribution in [0.25, 0.3) is 11.3 Å². The van der Waals surface area contributed by atoms with Crippen molar-refractivity contribution in [2.24, 2.45) is 0 Å². The van der Waals surface area contributed by atoms with Gasteiger partial charge in [0.2, 0.25) is 5.91 Å². The summed E-state index contributed by atoms with van der Waals surface area (Å²) in [5.74, 6) is 0.0694. The van der Waals surface area contributed by atoms with Crippen molar-refractivity contribution in [1.82, 2.24) is 4.98 Å². The maximum atomic E-state index is 12.6. The summed E-state index contributed by atoms with van der Waals surface area (Å²) in [7, 11) is -3.74. The van der Waals surface area contributed by atoms with Crippen molar-refractivity contribution in [1.29, 1.82) is 0 Å². The predicted octanol–water partition coefficient (Wildman–Crippen LogP) is 3.74. The number of nitrogens with zero attached hydrogens (tertiary/aromatic N) is 2.